The van der Waals surface area contributed by atoms with Crippen LogP contribution in [0.5, 0.6) is 0 Å². The van der Waals surface area contributed by atoms with Gasteiger partial charge in [-0.15, -0.1) is 0 Å². The van der Waals surface area contributed by atoms with Crippen molar-refractivity contribution in [3.63, 3.8) is 0 Å². The maximum atomic E-state index is 12.9. The molecule has 108 valence electrons. The largest absolute Gasteiger partial charge is 0.295 e. The third-order valence-corrected chi connectivity index (χ3v) is 4.05. The molecule has 1 aliphatic rings. The van der Waals surface area contributed by atoms with Crippen molar-refractivity contribution in [2.24, 2.45) is 0 Å². The number of nitrogens with zero attached hydrogens (tertiary/aromatic N) is 1. The van der Waals surface area contributed by atoms with Crippen LogP contribution in [0.1, 0.15) is 21.5 Å². The lowest BCUT2D eigenvalue weighted by Gasteiger charge is -2.18. The number of hydrogen-bond donors (Lipinski definition) is 0. The van der Waals surface area contributed by atoms with E-state index < -0.39 is 0 Å². The van der Waals surface area contributed by atoms with Gasteiger partial charge in [-0.2, -0.15) is 0 Å². The zero-order chi connectivity index (χ0) is 14.7. The van der Waals surface area contributed by atoms with Gasteiger partial charge in [-0.25, -0.2) is 4.39 Å². The molecule has 0 N–H and O–H groups in total. The van der Waals surface area contributed by atoms with Gasteiger partial charge in [0.1, 0.15) is 5.82 Å². The Balaban J connectivity index is 1.64. The van der Waals surface area contributed by atoms with Crippen LogP contribution in [-0.4, -0.2) is 30.3 Å². The lowest BCUT2D eigenvalue weighted by molar-refractivity contribution is 0.0933. The van der Waals surface area contributed by atoms with E-state index in [-0.39, 0.29) is 11.6 Å². The Bertz CT molecular complexity index is 609. The summed E-state index contributed by atoms with van der Waals surface area (Å²) < 4.78 is 12.9. The van der Waals surface area contributed by atoms with Gasteiger partial charge in [-0.1, -0.05) is 24.3 Å². The molecule has 0 bridgehead atoms. The first kappa shape index (κ1) is 14.0. The Morgan fingerprint density at radius 1 is 0.952 bits per heavy atom. The Hall–Kier alpha value is -2.00. The third kappa shape index (κ3) is 3.37. The molecule has 0 aromatic heterocycles. The van der Waals surface area contributed by atoms with Gasteiger partial charge in [0, 0.05) is 18.7 Å². The Morgan fingerprint density at radius 2 is 1.52 bits per heavy atom. The molecule has 0 aliphatic carbocycles. The summed E-state index contributed by atoms with van der Waals surface area (Å²) in [6.07, 6.45) is 1.96. The fourth-order valence-corrected chi connectivity index (χ4v) is 2.80. The van der Waals surface area contributed by atoms with Gasteiger partial charge in [-0.05, 0) is 48.2 Å². The highest BCUT2D eigenvalue weighted by Gasteiger charge is 2.16. The van der Waals surface area contributed by atoms with Gasteiger partial charge >= 0.3 is 0 Å². The molecule has 0 saturated carbocycles. The minimum absolute atomic E-state index is 0.0564. The van der Waals surface area contributed by atoms with Crippen LogP contribution in [0.3, 0.4) is 0 Å². The molecule has 3 rings (SSSR count). The molecular weight excluding hydrogens is 265 g/mol. The summed E-state index contributed by atoms with van der Waals surface area (Å²) in [5.74, 6) is -0.252. The first-order valence-corrected chi connectivity index (χ1v) is 7.30. The van der Waals surface area contributed by atoms with Crippen LogP contribution >= 0.6 is 0 Å². The monoisotopic (exact) mass is 283 g/mol. The average Bonchev–Trinajstić information content (AvgIpc) is 2.71. The number of ketones is 1. The number of fused-ring (bicyclic) bond motifs is 1. The maximum Gasteiger partial charge on any atom is 0.176 e. The van der Waals surface area contributed by atoms with Crippen LogP contribution in [0.4, 0.5) is 4.39 Å². The van der Waals surface area contributed by atoms with E-state index >= 15 is 0 Å². The number of hydrogen-bond acceptors (Lipinski definition) is 2. The van der Waals surface area contributed by atoms with E-state index in [1.54, 1.807) is 12.1 Å². The molecule has 0 spiro atoms. The van der Waals surface area contributed by atoms with Crippen LogP contribution in [0, 0.1) is 5.82 Å². The van der Waals surface area contributed by atoms with Gasteiger partial charge in [0.25, 0.3) is 0 Å². The molecular formula is C18H18FNO. The topological polar surface area (TPSA) is 20.3 Å². The summed E-state index contributed by atoms with van der Waals surface area (Å²) in [4.78, 5) is 14.4. The second-order valence-corrected chi connectivity index (χ2v) is 5.47. The van der Waals surface area contributed by atoms with E-state index in [1.165, 1.54) is 23.3 Å². The highest BCUT2D eigenvalue weighted by Crippen LogP contribution is 2.16. The number of halogens is 1. The van der Waals surface area contributed by atoms with E-state index in [0.717, 1.165) is 25.9 Å². The second kappa shape index (κ2) is 6.19. The molecule has 21 heavy (non-hydrogen) atoms. The average molecular weight is 283 g/mol. The normalized spacial score (nSPS) is 15.3. The number of benzene rings is 2. The van der Waals surface area contributed by atoms with Crippen LogP contribution in [0.25, 0.3) is 0 Å². The smallest absolute Gasteiger partial charge is 0.176 e. The molecule has 1 heterocycles. The van der Waals surface area contributed by atoms with Crippen LogP contribution in [0.2, 0.25) is 0 Å². The lowest BCUT2D eigenvalue weighted by atomic mass is 10.0. The highest BCUT2D eigenvalue weighted by molar-refractivity contribution is 5.97. The zero-order valence-electron chi connectivity index (χ0n) is 11.9. The van der Waals surface area contributed by atoms with Crippen molar-refractivity contribution < 1.29 is 9.18 Å². The molecule has 2 aromatic carbocycles. The van der Waals surface area contributed by atoms with Crippen molar-refractivity contribution in [1.82, 2.24) is 4.90 Å². The van der Waals surface area contributed by atoms with E-state index in [2.05, 4.69) is 29.2 Å². The Labute approximate surface area is 124 Å². The molecule has 1 aliphatic heterocycles. The van der Waals surface area contributed by atoms with Crippen molar-refractivity contribution >= 4 is 5.78 Å². The number of Topliss-reactive ketones (excluding diaryl/α,β-unsaturated/α-hetero) is 1. The SMILES string of the molecule is O=C(CN1CCc2ccccc2CC1)c1ccc(F)cc1. The quantitative estimate of drug-likeness (QED) is 0.807. The highest BCUT2D eigenvalue weighted by atomic mass is 19.1. The number of rotatable bonds is 3. The van der Waals surface area contributed by atoms with Gasteiger partial charge in [0.05, 0.1) is 6.54 Å². The molecule has 2 aromatic rings. The standard InChI is InChI=1S/C18H18FNO/c19-17-7-5-16(6-8-17)18(21)13-20-11-9-14-3-1-2-4-15(14)10-12-20/h1-8H,9-13H2. The first-order chi connectivity index (χ1) is 10.2. The van der Waals surface area contributed by atoms with Crippen molar-refractivity contribution in [2.75, 3.05) is 19.6 Å². The number of carbonyl (C=O) groups excluding carboxylic acids is 1. The summed E-state index contributed by atoms with van der Waals surface area (Å²) in [5, 5.41) is 0. The van der Waals surface area contributed by atoms with Crippen molar-refractivity contribution in [3.05, 3.63) is 71.0 Å². The van der Waals surface area contributed by atoms with Gasteiger partial charge in [-0.3, -0.25) is 9.69 Å². The zero-order valence-corrected chi connectivity index (χ0v) is 11.9. The maximum absolute atomic E-state index is 12.9. The molecule has 0 saturated heterocycles. The van der Waals surface area contributed by atoms with Crippen LogP contribution in [0.15, 0.2) is 48.5 Å². The van der Waals surface area contributed by atoms with E-state index in [4.69, 9.17) is 0 Å². The molecule has 0 unspecified atom stereocenters. The third-order valence-electron chi connectivity index (χ3n) is 4.05. The predicted octanol–water partition coefficient (Wildman–Crippen LogP) is 3.11. The van der Waals surface area contributed by atoms with Crippen molar-refractivity contribution in [3.8, 4) is 0 Å². The number of carbonyl (C=O) groups is 1. The Kier molecular flexibility index (Phi) is 4.11. The lowest BCUT2D eigenvalue weighted by Crippen LogP contribution is -2.32. The fraction of sp³-hybridized carbons (Fsp3) is 0.278. The molecule has 0 fully saturated rings. The van der Waals surface area contributed by atoms with E-state index in [9.17, 15) is 9.18 Å². The predicted molar refractivity (Wildman–Crippen MR) is 81.0 cm³/mol. The Morgan fingerprint density at radius 3 is 2.10 bits per heavy atom. The molecule has 0 radical (unpaired) electrons. The molecule has 3 heteroatoms. The molecule has 0 atom stereocenters. The fourth-order valence-electron chi connectivity index (χ4n) is 2.80. The molecule has 0 amide bonds. The van der Waals surface area contributed by atoms with Crippen molar-refractivity contribution in [2.45, 2.75) is 12.8 Å². The van der Waals surface area contributed by atoms with Gasteiger partial charge < -0.3 is 0 Å². The second-order valence-electron chi connectivity index (χ2n) is 5.47. The van der Waals surface area contributed by atoms with E-state index in [1.807, 2.05) is 0 Å². The minimum Gasteiger partial charge on any atom is -0.295 e. The van der Waals surface area contributed by atoms with Crippen molar-refractivity contribution in [1.29, 1.82) is 0 Å². The van der Waals surface area contributed by atoms with Crippen LogP contribution < -0.4 is 0 Å². The summed E-state index contributed by atoms with van der Waals surface area (Å²) in [7, 11) is 0. The summed E-state index contributed by atoms with van der Waals surface area (Å²) in [5.41, 5.74) is 3.35. The molecule has 2 nitrogen and oxygen atoms in total. The van der Waals surface area contributed by atoms with Gasteiger partial charge in [0.15, 0.2) is 5.78 Å². The summed E-state index contributed by atoms with van der Waals surface area (Å²) in [6.45, 7) is 2.19. The van der Waals surface area contributed by atoms with Crippen LogP contribution in [-0.2, 0) is 12.8 Å². The minimum atomic E-state index is -0.309. The van der Waals surface area contributed by atoms with E-state index in [0.29, 0.717) is 12.1 Å². The van der Waals surface area contributed by atoms with Gasteiger partial charge in [0.2, 0.25) is 0 Å². The summed E-state index contributed by atoms with van der Waals surface area (Å²) >= 11 is 0. The summed E-state index contributed by atoms with van der Waals surface area (Å²) in [6, 6.07) is 14.3. The first-order valence-electron chi connectivity index (χ1n) is 7.30.